The molecular weight excluding hydrogens is 638 g/mol. The molecule has 1 aliphatic carbocycles. The van der Waals surface area contributed by atoms with Crippen molar-refractivity contribution < 1.29 is 18.0 Å². The van der Waals surface area contributed by atoms with Crippen molar-refractivity contribution in [3.63, 3.8) is 0 Å². The zero-order valence-corrected chi connectivity index (χ0v) is 28.4. The molecule has 7 nitrogen and oxygen atoms in total. The second-order valence-corrected chi connectivity index (χ2v) is 14.8. The zero-order chi connectivity index (χ0) is 31.7. The van der Waals surface area contributed by atoms with E-state index in [0.717, 1.165) is 52.4 Å². The van der Waals surface area contributed by atoms with E-state index in [0.29, 0.717) is 18.5 Å². The number of carbonyl (C=O) groups is 2. The van der Waals surface area contributed by atoms with E-state index in [2.05, 4.69) is 21.2 Å². The van der Waals surface area contributed by atoms with Gasteiger partial charge in [-0.25, -0.2) is 8.42 Å². The van der Waals surface area contributed by atoms with Crippen LogP contribution in [0.3, 0.4) is 0 Å². The van der Waals surface area contributed by atoms with Crippen LogP contribution in [0.25, 0.3) is 0 Å². The molecule has 3 aromatic carbocycles. The Balaban J connectivity index is 1.60. The lowest BCUT2D eigenvalue weighted by atomic mass is 9.94. The molecule has 236 valence electrons. The maximum absolute atomic E-state index is 14.1. The summed E-state index contributed by atoms with van der Waals surface area (Å²) in [7, 11) is -3.57. The number of hydrogen-bond acceptors (Lipinski definition) is 4. The van der Waals surface area contributed by atoms with Gasteiger partial charge in [-0.15, -0.1) is 0 Å². The molecule has 44 heavy (non-hydrogen) atoms. The molecule has 1 aliphatic rings. The van der Waals surface area contributed by atoms with Gasteiger partial charge in [0.1, 0.15) is 6.04 Å². The van der Waals surface area contributed by atoms with Gasteiger partial charge in [0.15, 0.2) is 0 Å². The van der Waals surface area contributed by atoms with Gasteiger partial charge in [0.2, 0.25) is 21.8 Å². The van der Waals surface area contributed by atoms with E-state index >= 15 is 0 Å². The highest BCUT2D eigenvalue weighted by Crippen LogP contribution is 2.24. The molecular formula is C35H44BrN3O4S. The van der Waals surface area contributed by atoms with Crippen LogP contribution >= 0.6 is 15.9 Å². The fourth-order valence-corrected chi connectivity index (χ4v) is 7.42. The number of carbonyl (C=O) groups excluding carboxylic acids is 2. The lowest BCUT2D eigenvalue weighted by Crippen LogP contribution is -2.52. The van der Waals surface area contributed by atoms with Gasteiger partial charge in [0, 0.05) is 36.4 Å². The van der Waals surface area contributed by atoms with Gasteiger partial charge in [-0.05, 0) is 79.6 Å². The Morgan fingerprint density at radius 2 is 1.57 bits per heavy atom. The molecule has 0 bridgehead atoms. The first-order chi connectivity index (χ1) is 21.0. The molecule has 0 unspecified atom stereocenters. The summed E-state index contributed by atoms with van der Waals surface area (Å²) in [5.41, 5.74) is 4.42. The molecule has 3 aromatic rings. The van der Waals surface area contributed by atoms with Crippen molar-refractivity contribution in [2.75, 3.05) is 17.1 Å². The fourth-order valence-electron chi connectivity index (χ4n) is 6.03. The van der Waals surface area contributed by atoms with E-state index < -0.39 is 16.1 Å². The minimum atomic E-state index is -3.57. The van der Waals surface area contributed by atoms with Crippen LogP contribution in [0.4, 0.5) is 5.69 Å². The Morgan fingerprint density at radius 3 is 2.20 bits per heavy atom. The predicted molar refractivity (Wildman–Crippen MR) is 181 cm³/mol. The molecule has 0 radical (unpaired) electrons. The highest BCUT2D eigenvalue weighted by molar-refractivity contribution is 9.10. The highest BCUT2D eigenvalue weighted by atomic mass is 79.9. The Kier molecular flexibility index (Phi) is 12.0. The molecule has 1 saturated carbocycles. The fraction of sp³-hybridized carbons (Fsp3) is 0.429. The van der Waals surface area contributed by atoms with Gasteiger partial charge in [-0.3, -0.25) is 13.9 Å². The number of halogens is 1. The van der Waals surface area contributed by atoms with Crippen LogP contribution in [0.15, 0.2) is 77.3 Å². The first-order valence-corrected chi connectivity index (χ1v) is 18.1. The number of nitrogens with one attached hydrogen (secondary N) is 1. The number of hydrogen-bond donors (Lipinski definition) is 1. The largest absolute Gasteiger partial charge is 0.352 e. The standard InChI is InChI=1S/C35H44BrN3O4S/c1-26-20-27(2)22-32(21-26)39(44(3,42)43)19-11-18-34(40)38(25-29-14-10-15-30(36)23-29)33(24-28-12-6-4-7-13-28)35(41)37-31-16-8-5-9-17-31/h4,6-7,10,12-15,20-23,31,33H,5,8-9,11,16-19,24-25H2,1-3H3,(H,37,41)/t33-/m1/s1. The third-order valence-electron chi connectivity index (χ3n) is 8.11. The first kappa shape index (κ1) is 33.7. The Bertz CT molecular complexity index is 1500. The monoisotopic (exact) mass is 681 g/mol. The van der Waals surface area contributed by atoms with Gasteiger partial charge in [-0.2, -0.15) is 0 Å². The summed E-state index contributed by atoms with van der Waals surface area (Å²) in [6.45, 7) is 4.30. The van der Waals surface area contributed by atoms with Crippen LogP contribution in [0.1, 0.15) is 67.2 Å². The van der Waals surface area contributed by atoms with Crippen molar-refractivity contribution in [3.8, 4) is 0 Å². The molecule has 1 fully saturated rings. The third kappa shape index (κ3) is 9.92. The molecule has 0 spiro atoms. The summed E-state index contributed by atoms with van der Waals surface area (Å²) in [6, 6.07) is 22.7. The van der Waals surface area contributed by atoms with E-state index in [9.17, 15) is 18.0 Å². The van der Waals surface area contributed by atoms with Crippen molar-refractivity contribution in [3.05, 3.63) is 99.5 Å². The molecule has 1 atom stereocenters. The number of anilines is 1. The van der Waals surface area contributed by atoms with Crippen molar-refractivity contribution in [2.24, 2.45) is 0 Å². The third-order valence-corrected chi connectivity index (χ3v) is 9.80. The number of rotatable bonds is 13. The maximum atomic E-state index is 14.1. The van der Waals surface area contributed by atoms with E-state index in [-0.39, 0.29) is 37.4 Å². The van der Waals surface area contributed by atoms with Gasteiger partial charge >= 0.3 is 0 Å². The van der Waals surface area contributed by atoms with E-state index in [1.807, 2.05) is 86.6 Å². The predicted octanol–water partition coefficient (Wildman–Crippen LogP) is 6.70. The van der Waals surface area contributed by atoms with Crippen molar-refractivity contribution in [1.29, 1.82) is 0 Å². The molecule has 4 rings (SSSR count). The Hall–Kier alpha value is -3.17. The summed E-state index contributed by atoms with van der Waals surface area (Å²) >= 11 is 3.54. The number of amides is 2. The normalized spacial score (nSPS) is 14.5. The molecule has 0 aliphatic heterocycles. The van der Waals surface area contributed by atoms with Crippen LogP contribution in [0.2, 0.25) is 0 Å². The van der Waals surface area contributed by atoms with Crippen molar-refractivity contribution in [1.82, 2.24) is 10.2 Å². The number of nitrogens with zero attached hydrogens (tertiary/aromatic N) is 2. The quantitative estimate of drug-likeness (QED) is 0.218. The smallest absolute Gasteiger partial charge is 0.243 e. The van der Waals surface area contributed by atoms with Crippen LogP contribution in [0, 0.1) is 13.8 Å². The second kappa shape index (κ2) is 15.7. The number of aryl methyl sites for hydroxylation is 2. The summed E-state index contributed by atoms with van der Waals surface area (Å²) in [4.78, 5) is 29.8. The number of sulfonamides is 1. The maximum Gasteiger partial charge on any atom is 0.243 e. The minimum absolute atomic E-state index is 0.104. The van der Waals surface area contributed by atoms with Gasteiger partial charge in [-0.1, -0.05) is 83.7 Å². The van der Waals surface area contributed by atoms with Crippen LogP contribution < -0.4 is 9.62 Å². The highest BCUT2D eigenvalue weighted by Gasteiger charge is 2.32. The minimum Gasteiger partial charge on any atom is -0.352 e. The van der Waals surface area contributed by atoms with Crippen LogP contribution in [0.5, 0.6) is 0 Å². The first-order valence-electron chi connectivity index (χ1n) is 15.4. The summed E-state index contributed by atoms with van der Waals surface area (Å²) in [5, 5.41) is 3.27. The van der Waals surface area contributed by atoms with Crippen LogP contribution in [-0.2, 0) is 32.6 Å². The summed E-state index contributed by atoms with van der Waals surface area (Å²) < 4.78 is 27.9. The summed E-state index contributed by atoms with van der Waals surface area (Å²) in [5.74, 6) is -0.323. The zero-order valence-electron chi connectivity index (χ0n) is 26.0. The van der Waals surface area contributed by atoms with Crippen molar-refractivity contribution >= 4 is 43.5 Å². The van der Waals surface area contributed by atoms with Gasteiger partial charge in [0.05, 0.1) is 11.9 Å². The molecule has 1 N–H and O–H groups in total. The average Bonchev–Trinajstić information content (AvgIpc) is 2.97. The lowest BCUT2D eigenvalue weighted by Gasteiger charge is -2.34. The summed E-state index contributed by atoms with van der Waals surface area (Å²) in [6.07, 6.45) is 7.25. The second-order valence-electron chi connectivity index (χ2n) is 12.0. The van der Waals surface area contributed by atoms with E-state index in [1.165, 1.54) is 17.0 Å². The molecule has 9 heteroatoms. The molecule has 0 aromatic heterocycles. The average molecular weight is 683 g/mol. The topological polar surface area (TPSA) is 86.8 Å². The Morgan fingerprint density at radius 1 is 0.909 bits per heavy atom. The molecule has 0 heterocycles. The van der Waals surface area contributed by atoms with Gasteiger partial charge in [0.25, 0.3) is 0 Å². The van der Waals surface area contributed by atoms with Crippen LogP contribution in [-0.4, -0.2) is 50.0 Å². The van der Waals surface area contributed by atoms with Crippen molar-refractivity contribution in [2.45, 2.75) is 83.8 Å². The Labute approximate surface area is 271 Å². The SMILES string of the molecule is Cc1cc(C)cc(N(CCCC(=O)N(Cc2cccc(Br)c2)[C@H](Cc2ccccc2)C(=O)NC2CCCCC2)S(C)(=O)=O)c1. The number of benzene rings is 3. The molecule has 0 saturated heterocycles. The van der Waals surface area contributed by atoms with E-state index in [4.69, 9.17) is 0 Å². The lowest BCUT2D eigenvalue weighted by molar-refractivity contribution is -0.141. The molecule has 2 amide bonds. The van der Waals surface area contributed by atoms with E-state index in [1.54, 1.807) is 4.90 Å². The van der Waals surface area contributed by atoms with Gasteiger partial charge < -0.3 is 10.2 Å².